The highest BCUT2D eigenvalue weighted by molar-refractivity contribution is 6.27. The van der Waals surface area contributed by atoms with Gasteiger partial charge in [0.2, 0.25) is 0 Å². The van der Waals surface area contributed by atoms with Crippen LogP contribution in [0, 0.1) is 0 Å². The molecule has 0 saturated carbocycles. The van der Waals surface area contributed by atoms with Crippen LogP contribution in [0.25, 0.3) is 86.9 Å². The molecule has 0 aromatic heterocycles. The van der Waals surface area contributed by atoms with E-state index in [4.69, 9.17) is 0 Å². The van der Waals surface area contributed by atoms with Gasteiger partial charge in [0, 0.05) is 43.7 Å². The van der Waals surface area contributed by atoms with Crippen molar-refractivity contribution < 1.29 is 0 Å². The summed E-state index contributed by atoms with van der Waals surface area (Å²) in [5.41, 5.74) is 10.3. The van der Waals surface area contributed by atoms with Crippen LogP contribution in [0.5, 0.6) is 0 Å². The lowest BCUT2D eigenvalue weighted by Crippen LogP contribution is -2.13. The Morgan fingerprint density at radius 2 is 0.767 bits per heavy atom. The normalized spacial score (nSPS) is 11.7. The van der Waals surface area contributed by atoms with Crippen LogP contribution in [-0.2, 0) is 0 Å². The summed E-state index contributed by atoms with van der Waals surface area (Å²) in [6.45, 7) is 0. The van der Waals surface area contributed by atoms with Gasteiger partial charge in [-0.1, -0.05) is 206 Å². The van der Waals surface area contributed by atoms with Crippen LogP contribution in [0.1, 0.15) is 0 Å². The van der Waals surface area contributed by atoms with Crippen LogP contribution in [-0.4, -0.2) is 0 Å². The first kappa shape index (κ1) is 34.1. The molecule has 0 amide bonds. The number of hydrogen-bond acceptors (Lipinski definition) is 2. The van der Waals surface area contributed by atoms with Crippen LogP contribution in [0.2, 0.25) is 0 Å². The average Bonchev–Trinajstić information content (AvgIpc) is 3.32. The van der Waals surface area contributed by atoms with E-state index in [1.807, 2.05) is 0 Å². The zero-order chi connectivity index (χ0) is 39.6. The molecule has 0 saturated heterocycles. The first-order valence-electron chi connectivity index (χ1n) is 20.7. The van der Waals surface area contributed by atoms with Crippen molar-refractivity contribution in [1.29, 1.82) is 0 Å². The number of benzene rings is 12. The smallest absolute Gasteiger partial charge is 0.0618 e. The second-order valence-electron chi connectivity index (χ2n) is 15.7. The quantitative estimate of drug-likeness (QED) is 0.163. The summed E-state index contributed by atoms with van der Waals surface area (Å²) in [6, 6.07) is 82.0. The molecule has 0 aliphatic heterocycles. The third kappa shape index (κ3) is 5.42. The fraction of sp³-hybridized carbons (Fsp3) is 0. The summed E-state index contributed by atoms with van der Waals surface area (Å²) in [5, 5.41) is 18.7. The second-order valence-corrected chi connectivity index (χ2v) is 15.7. The molecule has 0 unspecified atom stereocenters. The molecular formula is C58H38N2. The highest BCUT2D eigenvalue weighted by Gasteiger charge is 2.25. The third-order valence-corrected chi connectivity index (χ3v) is 12.4. The monoisotopic (exact) mass is 762 g/mol. The Labute approximate surface area is 348 Å². The molecule has 280 valence electrons. The number of fused-ring (bicyclic) bond motifs is 3. The number of rotatable bonds is 7. The molecule has 0 atom stereocenters. The Kier molecular flexibility index (Phi) is 7.89. The minimum atomic E-state index is 1.06. The standard InChI is InChI=1S/C58H38N2/c1-3-14-38(15-4-1)46-32-28-40-18-7-9-22-45(40)57(46)59-52-35-37-53(50-25-12-11-24-49(50)52)60(58-47-23-10-8-19-41(47)29-33-48(58)39-16-5-2-6-17-39)54-36-31-44-27-26-42-20-13-21-43-30-34-51(54)56(44)55(42)43/h1-37,59H. The van der Waals surface area contributed by atoms with Crippen molar-refractivity contribution in [1.82, 2.24) is 0 Å². The maximum Gasteiger partial charge on any atom is 0.0618 e. The Morgan fingerprint density at radius 3 is 1.50 bits per heavy atom. The molecule has 12 rings (SSSR count). The number of nitrogens with one attached hydrogen (secondary N) is 1. The first-order chi connectivity index (χ1) is 29.8. The molecular weight excluding hydrogens is 725 g/mol. The molecule has 0 heterocycles. The maximum atomic E-state index is 4.01. The summed E-state index contributed by atoms with van der Waals surface area (Å²) in [6.07, 6.45) is 0. The van der Waals surface area contributed by atoms with Crippen LogP contribution in [0.3, 0.4) is 0 Å². The maximum absolute atomic E-state index is 4.01. The van der Waals surface area contributed by atoms with Crippen molar-refractivity contribution in [2.24, 2.45) is 0 Å². The summed E-state index contributed by atoms with van der Waals surface area (Å²) in [5.74, 6) is 0. The van der Waals surface area contributed by atoms with Crippen LogP contribution < -0.4 is 10.2 Å². The molecule has 2 heteroatoms. The van der Waals surface area contributed by atoms with E-state index in [1.165, 1.54) is 76.1 Å². The molecule has 1 N–H and O–H groups in total. The van der Waals surface area contributed by atoms with E-state index >= 15 is 0 Å². The largest absolute Gasteiger partial charge is 0.354 e. The van der Waals surface area contributed by atoms with Gasteiger partial charge in [-0.05, 0) is 67.0 Å². The number of hydrogen-bond donors (Lipinski definition) is 1. The van der Waals surface area contributed by atoms with E-state index in [1.54, 1.807) is 0 Å². The molecule has 0 bridgehead atoms. The zero-order valence-electron chi connectivity index (χ0n) is 32.8. The van der Waals surface area contributed by atoms with Crippen LogP contribution in [0.4, 0.5) is 28.4 Å². The first-order valence-corrected chi connectivity index (χ1v) is 20.7. The van der Waals surface area contributed by atoms with Gasteiger partial charge in [-0.3, -0.25) is 0 Å². The van der Waals surface area contributed by atoms with Crippen molar-refractivity contribution >= 4 is 93.1 Å². The van der Waals surface area contributed by atoms with Crippen molar-refractivity contribution in [2.45, 2.75) is 0 Å². The minimum Gasteiger partial charge on any atom is -0.354 e. The number of nitrogens with zero attached hydrogens (tertiary/aromatic N) is 1. The van der Waals surface area contributed by atoms with E-state index in [0.717, 1.165) is 39.2 Å². The zero-order valence-corrected chi connectivity index (χ0v) is 32.8. The van der Waals surface area contributed by atoms with Crippen LogP contribution in [0.15, 0.2) is 224 Å². The predicted molar refractivity (Wildman–Crippen MR) is 258 cm³/mol. The molecule has 12 aromatic rings. The topological polar surface area (TPSA) is 15.3 Å². The van der Waals surface area contributed by atoms with E-state index in [2.05, 4.69) is 235 Å². The molecule has 12 aromatic carbocycles. The van der Waals surface area contributed by atoms with Gasteiger partial charge in [0.15, 0.2) is 0 Å². The van der Waals surface area contributed by atoms with Crippen molar-refractivity contribution in [3.63, 3.8) is 0 Å². The Balaban J connectivity index is 1.16. The van der Waals surface area contributed by atoms with Crippen LogP contribution >= 0.6 is 0 Å². The second kappa shape index (κ2) is 13.9. The van der Waals surface area contributed by atoms with Crippen molar-refractivity contribution in [2.75, 3.05) is 10.2 Å². The summed E-state index contributed by atoms with van der Waals surface area (Å²) < 4.78 is 0. The molecule has 2 nitrogen and oxygen atoms in total. The highest BCUT2D eigenvalue weighted by Crippen LogP contribution is 2.51. The van der Waals surface area contributed by atoms with E-state index in [9.17, 15) is 0 Å². The Hall–Kier alpha value is -7.94. The Morgan fingerprint density at radius 1 is 0.283 bits per heavy atom. The summed E-state index contributed by atoms with van der Waals surface area (Å²) >= 11 is 0. The fourth-order valence-electron chi connectivity index (χ4n) is 9.62. The molecule has 60 heavy (non-hydrogen) atoms. The lowest BCUT2D eigenvalue weighted by Gasteiger charge is -2.32. The average molecular weight is 763 g/mol. The van der Waals surface area contributed by atoms with Gasteiger partial charge in [-0.2, -0.15) is 0 Å². The van der Waals surface area contributed by atoms with Gasteiger partial charge in [-0.15, -0.1) is 0 Å². The summed E-state index contributed by atoms with van der Waals surface area (Å²) in [4.78, 5) is 2.55. The summed E-state index contributed by atoms with van der Waals surface area (Å²) in [7, 11) is 0. The van der Waals surface area contributed by atoms with Crippen molar-refractivity contribution in [3.8, 4) is 22.3 Å². The van der Waals surface area contributed by atoms with Gasteiger partial charge in [0.05, 0.1) is 22.7 Å². The van der Waals surface area contributed by atoms with Gasteiger partial charge in [0.1, 0.15) is 0 Å². The predicted octanol–water partition coefficient (Wildman–Crippen LogP) is 16.6. The molecule has 0 radical (unpaired) electrons. The molecule has 0 fully saturated rings. The van der Waals surface area contributed by atoms with Gasteiger partial charge >= 0.3 is 0 Å². The molecule has 0 aliphatic rings. The van der Waals surface area contributed by atoms with Gasteiger partial charge in [-0.25, -0.2) is 0 Å². The fourth-order valence-corrected chi connectivity index (χ4v) is 9.62. The van der Waals surface area contributed by atoms with Gasteiger partial charge in [0.25, 0.3) is 0 Å². The minimum absolute atomic E-state index is 1.06. The van der Waals surface area contributed by atoms with E-state index in [0.29, 0.717) is 0 Å². The van der Waals surface area contributed by atoms with E-state index in [-0.39, 0.29) is 0 Å². The van der Waals surface area contributed by atoms with Crippen molar-refractivity contribution in [3.05, 3.63) is 224 Å². The number of anilines is 5. The van der Waals surface area contributed by atoms with Gasteiger partial charge < -0.3 is 10.2 Å². The molecule has 0 spiro atoms. The highest BCUT2D eigenvalue weighted by atomic mass is 15.2. The molecule has 0 aliphatic carbocycles. The lowest BCUT2D eigenvalue weighted by molar-refractivity contribution is 1.33. The third-order valence-electron chi connectivity index (χ3n) is 12.4. The Bertz CT molecular complexity index is 3560. The SMILES string of the molecule is c1ccc(-c2ccc3ccccc3c2Nc2ccc(N(c3c(-c4ccccc4)ccc4ccccc34)c3ccc4ccc5cccc6ccc3c4c56)c3ccccc23)cc1. The lowest BCUT2D eigenvalue weighted by atomic mass is 9.91. The van der Waals surface area contributed by atoms with E-state index < -0.39 is 0 Å².